The SMILES string of the molecule is Cc1cc(C)c(NC(=O)c2ccc(NS(=O)(=O)c3ccc(Cl)cc3)cc2)c(C)c1. The van der Waals surface area contributed by atoms with Crippen LogP contribution in [-0.2, 0) is 10.0 Å². The lowest BCUT2D eigenvalue weighted by Crippen LogP contribution is -2.15. The van der Waals surface area contributed by atoms with Crippen molar-refractivity contribution in [3.63, 3.8) is 0 Å². The second-order valence-electron chi connectivity index (χ2n) is 6.86. The van der Waals surface area contributed by atoms with E-state index in [1.54, 1.807) is 24.3 Å². The molecule has 0 aliphatic carbocycles. The Morgan fingerprint density at radius 2 is 1.41 bits per heavy atom. The molecule has 0 heterocycles. The van der Waals surface area contributed by atoms with E-state index in [0.29, 0.717) is 16.3 Å². The van der Waals surface area contributed by atoms with Gasteiger partial charge in [0.25, 0.3) is 15.9 Å². The molecule has 0 aliphatic rings. The van der Waals surface area contributed by atoms with Gasteiger partial charge in [-0.3, -0.25) is 9.52 Å². The summed E-state index contributed by atoms with van der Waals surface area (Å²) >= 11 is 5.80. The molecule has 0 unspecified atom stereocenters. The van der Waals surface area contributed by atoms with Gasteiger partial charge in [-0.1, -0.05) is 29.3 Å². The van der Waals surface area contributed by atoms with E-state index in [0.717, 1.165) is 22.4 Å². The fourth-order valence-electron chi connectivity index (χ4n) is 3.08. The summed E-state index contributed by atoms with van der Waals surface area (Å²) in [5, 5.41) is 3.39. The Morgan fingerprint density at radius 1 is 0.862 bits per heavy atom. The van der Waals surface area contributed by atoms with E-state index in [1.165, 1.54) is 24.3 Å². The van der Waals surface area contributed by atoms with Crippen LogP contribution < -0.4 is 10.0 Å². The number of nitrogens with one attached hydrogen (secondary N) is 2. The second kappa shape index (κ2) is 8.27. The third-order valence-electron chi connectivity index (χ3n) is 4.44. The summed E-state index contributed by atoms with van der Waals surface area (Å²) in [6.07, 6.45) is 0. The summed E-state index contributed by atoms with van der Waals surface area (Å²) in [7, 11) is -3.74. The number of sulfonamides is 1. The summed E-state index contributed by atoms with van der Waals surface area (Å²) in [4.78, 5) is 12.7. The second-order valence-corrected chi connectivity index (χ2v) is 8.98. The van der Waals surface area contributed by atoms with Crippen molar-refractivity contribution >= 4 is 38.9 Å². The molecule has 29 heavy (non-hydrogen) atoms. The van der Waals surface area contributed by atoms with Crippen LogP contribution in [-0.4, -0.2) is 14.3 Å². The minimum Gasteiger partial charge on any atom is -0.322 e. The maximum Gasteiger partial charge on any atom is 0.261 e. The summed E-state index contributed by atoms with van der Waals surface area (Å²) in [5.74, 6) is -0.257. The first kappa shape index (κ1) is 20.9. The summed E-state index contributed by atoms with van der Waals surface area (Å²) in [6, 6.07) is 16.2. The standard InChI is InChI=1S/C22H21ClN2O3S/c1-14-12-15(2)21(16(3)13-14)24-22(26)17-4-8-19(9-5-17)25-29(27,28)20-10-6-18(23)7-11-20/h4-13,25H,1-3H3,(H,24,26). The normalized spacial score (nSPS) is 11.2. The van der Waals surface area contributed by atoms with E-state index in [9.17, 15) is 13.2 Å². The molecular formula is C22H21ClN2O3S. The third-order valence-corrected chi connectivity index (χ3v) is 6.09. The third kappa shape index (κ3) is 4.96. The number of carbonyl (C=O) groups is 1. The van der Waals surface area contributed by atoms with Crippen LogP contribution in [0.4, 0.5) is 11.4 Å². The zero-order valence-corrected chi connectivity index (χ0v) is 17.9. The molecule has 0 bridgehead atoms. The summed E-state index contributed by atoms with van der Waals surface area (Å²) in [5.41, 5.74) is 4.69. The number of hydrogen-bond donors (Lipinski definition) is 2. The van der Waals surface area contributed by atoms with Gasteiger partial charge in [0.15, 0.2) is 0 Å². The number of anilines is 2. The van der Waals surface area contributed by atoms with Crippen molar-refractivity contribution < 1.29 is 13.2 Å². The zero-order chi connectivity index (χ0) is 21.2. The number of amides is 1. The van der Waals surface area contributed by atoms with Crippen LogP contribution in [0.5, 0.6) is 0 Å². The van der Waals surface area contributed by atoms with Gasteiger partial charge >= 0.3 is 0 Å². The van der Waals surface area contributed by atoms with Crippen molar-refractivity contribution in [3.8, 4) is 0 Å². The van der Waals surface area contributed by atoms with Crippen LogP contribution in [0.3, 0.4) is 0 Å². The maximum atomic E-state index is 12.6. The Morgan fingerprint density at radius 3 is 1.97 bits per heavy atom. The molecule has 0 atom stereocenters. The van der Waals surface area contributed by atoms with Crippen LogP contribution >= 0.6 is 11.6 Å². The van der Waals surface area contributed by atoms with Gasteiger partial charge in [-0.05, 0) is 80.4 Å². The van der Waals surface area contributed by atoms with Gasteiger partial charge in [0, 0.05) is 22.0 Å². The van der Waals surface area contributed by atoms with Crippen molar-refractivity contribution in [1.29, 1.82) is 0 Å². The predicted octanol–water partition coefficient (Wildman–Crippen LogP) is 5.32. The first-order valence-corrected chi connectivity index (χ1v) is 10.8. The molecular weight excluding hydrogens is 408 g/mol. The van der Waals surface area contributed by atoms with E-state index in [4.69, 9.17) is 11.6 Å². The molecule has 0 fully saturated rings. The van der Waals surface area contributed by atoms with Gasteiger partial charge in [0.2, 0.25) is 0 Å². The van der Waals surface area contributed by atoms with Crippen LogP contribution in [0.15, 0.2) is 65.6 Å². The van der Waals surface area contributed by atoms with Crippen molar-refractivity contribution in [3.05, 3.63) is 87.9 Å². The molecule has 3 aromatic carbocycles. The molecule has 0 spiro atoms. The number of rotatable bonds is 5. The number of aryl methyl sites for hydroxylation is 3. The lowest BCUT2D eigenvalue weighted by Gasteiger charge is -2.13. The lowest BCUT2D eigenvalue weighted by atomic mass is 10.0. The van der Waals surface area contributed by atoms with Crippen LogP contribution in [0.2, 0.25) is 5.02 Å². The smallest absolute Gasteiger partial charge is 0.261 e. The van der Waals surface area contributed by atoms with Gasteiger partial charge < -0.3 is 5.32 Å². The fourth-order valence-corrected chi connectivity index (χ4v) is 4.26. The van der Waals surface area contributed by atoms with E-state index >= 15 is 0 Å². The average molecular weight is 429 g/mol. The van der Waals surface area contributed by atoms with Gasteiger partial charge in [-0.25, -0.2) is 8.42 Å². The van der Waals surface area contributed by atoms with Gasteiger partial charge in [-0.15, -0.1) is 0 Å². The predicted molar refractivity (Wildman–Crippen MR) is 117 cm³/mol. The average Bonchev–Trinajstić information content (AvgIpc) is 2.65. The van der Waals surface area contributed by atoms with E-state index in [1.807, 2.05) is 32.9 Å². The molecule has 0 saturated heterocycles. The molecule has 3 aromatic rings. The largest absolute Gasteiger partial charge is 0.322 e. The Labute approximate surface area is 175 Å². The highest BCUT2D eigenvalue weighted by atomic mass is 35.5. The van der Waals surface area contributed by atoms with Crippen LogP contribution in [0, 0.1) is 20.8 Å². The van der Waals surface area contributed by atoms with Crippen molar-refractivity contribution in [1.82, 2.24) is 0 Å². The van der Waals surface area contributed by atoms with E-state index < -0.39 is 10.0 Å². The molecule has 0 aromatic heterocycles. The number of hydrogen-bond acceptors (Lipinski definition) is 3. The number of benzene rings is 3. The van der Waals surface area contributed by atoms with E-state index in [2.05, 4.69) is 10.0 Å². The maximum absolute atomic E-state index is 12.6. The quantitative estimate of drug-likeness (QED) is 0.577. The molecule has 5 nitrogen and oxygen atoms in total. The van der Waals surface area contributed by atoms with Gasteiger partial charge in [-0.2, -0.15) is 0 Å². The Balaban J connectivity index is 1.75. The van der Waals surface area contributed by atoms with Crippen molar-refractivity contribution in [2.45, 2.75) is 25.7 Å². The molecule has 7 heteroatoms. The Bertz CT molecular complexity index is 1130. The van der Waals surface area contributed by atoms with Crippen molar-refractivity contribution in [2.24, 2.45) is 0 Å². The van der Waals surface area contributed by atoms with Crippen molar-refractivity contribution in [2.75, 3.05) is 10.0 Å². The lowest BCUT2D eigenvalue weighted by molar-refractivity contribution is 0.102. The molecule has 3 rings (SSSR count). The topological polar surface area (TPSA) is 75.3 Å². The minimum absolute atomic E-state index is 0.106. The van der Waals surface area contributed by atoms with Gasteiger partial charge in [0.1, 0.15) is 0 Å². The molecule has 0 aliphatic heterocycles. The fraction of sp³-hybridized carbons (Fsp3) is 0.136. The summed E-state index contributed by atoms with van der Waals surface area (Å²) < 4.78 is 27.4. The van der Waals surface area contributed by atoms with Gasteiger partial charge in [0.05, 0.1) is 4.90 Å². The molecule has 2 N–H and O–H groups in total. The summed E-state index contributed by atoms with van der Waals surface area (Å²) in [6.45, 7) is 5.91. The zero-order valence-electron chi connectivity index (χ0n) is 16.3. The van der Waals surface area contributed by atoms with Crippen LogP contribution in [0.1, 0.15) is 27.0 Å². The molecule has 0 saturated carbocycles. The first-order valence-electron chi connectivity index (χ1n) is 8.93. The van der Waals surface area contributed by atoms with Crippen LogP contribution in [0.25, 0.3) is 0 Å². The van der Waals surface area contributed by atoms with E-state index in [-0.39, 0.29) is 10.8 Å². The number of halogens is 1. The highest BCUT2D eigenvalue weighted by Crippen LogP contribution is 2.23. The monoisotopic (exact) mass is 428 g/mol. The highest BCUT2D eigenvalue weighted by molar-refractivity contribution is 7.92. The molecule has 150 valence electrons. The Hall–Kier alpha value is -2.83. The Kier molecular flexibility index (Phi) is 5.96. The number of carbonyl (C=O) groups excluding carboxylic acids is 1. The highest BCUT2D eigenvalue weighted by Gasteiger charge is 2.15. The minimum atomic E-state index is -3.74. The molecule has 0 radical (unpaired) electrons. The first-order chi connectivity index (χ1) is 13.7. The molecule has 1 amide bonds.